The monoisotopic (exact) mass is 493 g/mol. The van der Waals surface area contributed by atoms with Gasteiger partial charge in [0.15, 0.2) is 0 Å². The van der Waals surface area contributed by atoms with E-state index in [1.165, 1.54) is 0 Å². The number of fused-ring (bicyclic) bond motifs is 2. The van der Waals surface area contributed by atoms with E-state index in [4.69, 9.17) is 0 Å². The molecule has 1 N–H and O–H groups in total. The van der Waals surface area contributed by atoms with Gasteiger partial charge in [-0.15, -0.1) is 11.3 Å². The fourth-order valence-corrected chi connectivity index (χ4v) is 5.11. The highest BCUT2D eigenvalue weighted by atomic mass is 32.1. The lowest BCUT2D eigenvalue weighted by molar-refractivity contribution is -0.133. The van der Waals surface area contributed by atoms with Gasteiger partial charge in [0.05, 0.1) is 21.2 Å². The summed E-state index contributed by atoms with van der Waals surface area (Å²) in [6.07, 6.45) is 1.80. The number of nitrogens with zero attached hydrogens (tertiary/aromatic N) is 4. The van der Waals surface area contributed by atoms with Crippen LogP contribution in [0.4, 0.5) is 11.4 Å². The number of benzene rings is 3. The predicted molar refractivity (Wildman–Crippen MR) is 144 cm³/mol. The van der Waals surface area contributed by atoms with Crippen molar-refractivity contribution in [3.05, 3.63) is 84.0 Å². The summed E-state index contributed by atoms with van der Waals surface area (Å²) in [6, 6.07) is 21.9. The Morgan fingerprint density at radius 3 is 2.58 bits per heavy atom. The first-order chi connectivity index (χ1) is 17.5. The summed E-state index contributed by atoms with van der Waals surface area (Å²) < 4.78 is 1.16. The molecule has 178 valence electrons. The number of nitrogens with one attached hydrogen (secondary N) is 1. The Hall–Kier alpha value is -4.30. The smallest absolute Gasteiger partial charge is 0.254 e. The summed E-state index contributed by atoms with van der Waals surface area (Å²) >= 11 is 1.63. The molecule has 0 atom stereocenters. The van der Waals surface area contributed by atoms with Crippen LogP contribution in [0.2, 0.25) is 0 Å². The Labute approximate surface area is 212 Å². The largest absolute Gasteiger partial charge is 0.355 e. The summed E-state index contributed by atoms with van der Waals surface area (Å²) in [6.45, 7) is 1.23. The topological polar surface area (TPSA) is 78.4 Å². The van der Waals surface area contributed by atoms with Crippen molar-refractivity contribution < 1.29 is 9.59 Å². The van der Waals surface area contributed by atoms with Gasteiger partial charge in [0.2, 0.25) is 5.91 Å². The zero-order chi connectivity index (χ0) is 24.6. The summed E-state index contributed by atoms with van der Waals surface area (Å²) in [5.74, 6) is -0.151. The molecule has 1 fully saturated rings. The van der Waals surface area contributed by atoms with E-state index in [2.05, 4.69) is 45.6 Å². The zero-order valence-corrected chi connectivity index (χ0v) is 20.5. The Bertz CT molecular complexity index is 1610. The summed E-state index contributed by atoms with van der Waals surface area (Å²) in [5, 5.41) is 4.52. The minimum absolute atomic E-state index is 0.0348. The Kier molecular flexibility index (Phi) is 5.58. The van der Waals surface area contributed by atoms with Crippen LogP contribution in [0.5, 0.6) is 0 Å². The van der Waals surface area contributed by atoms with Crippen molar-refractivity contribution >= 4 is 55.6 Å². The average molecular weight is 494 g/mol. The molecule has 0 unspecified atom stereocenters. The predicted octanol–water partition coefficient (Wildman–Crippen LogP) is 5.17. The summed E-state index contributed by atoms with van der Waals surface area (Å²) in [5.41, 5.74) is 8.26. The van der Waals surface area contributed by atoms with Gasteiger partial charge in [-0.3, -0.25) is 14.6 Å². The number of hydrogen-bond donors (Lipinski definition) is 1. The number of pyridine rings is 1. The molecule has 2 amide bonds. The van der Waals surface area contributed by atoms with Crippen LogP contribution in [0.15, 0.2) is 78.4 Å². The minimum atomic E-state index is -0.116. The van der Waals surface area contributed by atoms with Gasteiger partial charge < -0.3 is 15.1 Å². The molecule has 3 heterocycles. The van der Waals surface area contributed by atoms with E-state index in [1.54, 1.807) is 34.4 Å². The van der Waals surface area contributed by atoms with Gasteiger partial charge in [-0.25, -0.2) is 4.98 Å². The lowest BCUT2D eigenvalue weighted by atomic mass is 10.0. The third-order valence-electron chi connectivity index (χ3n) is 6.56. The van der Waals surface area contributed by atoms with Crippen LogP contribution in [0.1, 0.15) is 10.4 Å². The second kappa shape index (κ2) is 9.05. The van der Waals surface area contributed by atoms with E-state index in [-0.39, 0.29) is 18.4 Å². The van der Waals surface area contributed by atoms with Crippen molar-refractivity contribution in [2.45, 2.75) is 0 Å². The first kappa shape index (κ1) is 22.2. The molecule has 0 saturated carbocycles. The second-order valence-electron chi connectivity index (χ2n) is 8.87. The molecule has 2 aromatic heterocycles. The highest BCUT2D eigenvalue weighted by Gasteiger charge is 2.25. The van der Waals surface area contributed by atoms with Crippen molar-refractivity contribution in [2.75, 3.05) is 32.0 Å². The van der Waals surface area contributed by atoms with Crippen molar-refractivity contribution in [1.29, 1.82) is 0 Å². The Morgan fingerprint density at radius 2 is 1.75 bits per heavy atom. The molecule has 0 aliphatic carbocycles. The van der Waals surface area contributed by atoms with Crippen LogP contribution in [0, 0.1) is 0 Å². The molecular formula is C28H23N5O2S. The normalized spacial score (nSPS) is 14.0. The molecule has 1 saturated heterocycles. The Balaban J connectivity index is 1.23. The van der Waals surface area contributed by atoms with Gasteiger partial charge in [0.1, 0.15) is 6.54 Å². The first-order valence-corrected chi connectivity index (χ1v) is 12.6. The van der Waals surface area contributed by atoms with Crippen LogP contribution in [0.3, 0.4) is 0 Å². The number of aromatic nitrogens is 2. The number of hydrogen-bond acceptors (Lipinski definition) is 6. The van der Waals surface area contributed by atoms with E-state index >= 15 is 0 Å². The third-order valence-corrected chi connectivity index (χ3v) is 7.37. The number of piperazine rings is 1. The lowest BCUT2D eigenvalue weighted by Crippen LogP contribution is -2.50. The maximum absolute atomic E-state index is 12.9. The fourth-order valence-electron chi connectivity index (χ4n) is 4.45. The average Bonchev–Trinajstić information content (AvgIpc) is 3.38. The Morgan fingerprint density at radius 1 is 0.917 bits per heavy atom. The van der Waals surface area contributed by atoms with Gasteiger partial charge in [0.25, 0.3) is 5.91 Å². The number of amides is 2. The zero-order valence-electron chi connectivity index (χ0n) is 19.6. The molecule has 1 aliphatic heterocycles. The lowest BCUT2D eigenvalue weighted by Gasteiger charge is -2.32. The molecule has 6 rings (SSSR count). The fraction of sp³-hybridized carbons (Fsp3) is 0.143. The number of rotatable bonds is 4. The summed E-state index contributed by atoms with van der Waals surface area (Å²) in [4.78, 5) is 37.1. The number of thiazole rings is 1. The van der Waals surface area contributed by atoms with Crippen molar-refractivity contribution in [1.82, 2.24) is 19.8 Å². The molecule has 7 nitrogen and oxygen atoms in total. The van der Waals surface area contributed by atoms with Crippen molar-refractivity contribution in [3.63, 3.8) is 0 Å². The van der Waals surface area contributed by atoms with Gasteiger partial charge in [-0.05, 0) is 53.6 Å². The molecule has 0 spiro atoms. The number of carbonyl (C=O) groups excluding carboxylic acids is 2. The van der Waals surface area contributed by atoms with Crippen LogP contribution in [0.25, 0.3) is 32.2 Å². The highest BCUT2D eigenvalue weighted by molar-refractivity contribution is 7.16. The van der Waals surface area contributed by atoms with E-state index in [9.17, 15) is 9.59 Å². The second-order valence-corrected chi connectivity index (χ2v) is 9.76. The SMILES string of the molecule is CN1CCN(C(=O)c2ccc(-c3ccc4c(Nc5ccc6scnc6c5)ccnc4c3)cc2)CC1=O. The van der Waals surface area contributed by atoms with Crippen molar-refractivity contribution in [2.24, 2.45) is 0 Å². The van der Waals surface area contributed by atoms with E-state index in [0.29, 0.717) is 18.7 Å². The maximum Gasteiger partial charge on any atom is 0.254 e. The highest BCUT2D eigenvalue weighted by Crippen LogP contribution is 2.31. The molecule has 8 heteroatoms. The molecule has 0 bridgehead atoms. The summed E-state index contributed by atoms with van der Waals surface area (Å²) in [7, 11) is 1.76. The van der Waals surface area contributed by atoms with Crippen LogP contribution < -0.4 is 5.32 Å². The van der Waals surface area contributed by atoms with Gasteiger partial charge in [-0.2, -0.15) is 0 Å². The molecular weight excluding hydrogens is 470 g/mol. The van der Waals surface area contributed by atoms with Crippen molar-refractivity contribution in [3.8, 4) is 11.1 Å². The number of carbonyl (C=O) groups is 2. The van der Waals surface area contributed by atoms with E-state index in [1.807, 2.05) is 41.9 Å². The maximum atomic E-state index is 12.9. The molecule has 0 radical (unpaired) electrons. The quantitative estimate of drug-likeness (QED) is 0.374. The minimum Gasteiger partial charge on any atom is -0.355 e. The number of likely N-dealkylation sites (N-methyl/N-ethyl adjacent to an activating group) is 1. The van der Waals surface area contributed by atoms with Crippen LogP contribution in [-0.2, 0) is 4.79 Å². The molecule has 1 aliphatic rings. The first-order valence-electron chi connectivity index (χ1n) is 11.7. The molecule has 5 aromatic rings. The van der Waals surface area contributed by atoms with Gasteiger partial charge in [0, 0.05) is 48.7 Å². The van der Waals surface area contributed by atoms with E-state index in [0.717, 1.165) is 43.6 Å². The van der Waals surface area contributed by atoms with Gasteiger partial charge in [-0.1, -0.05) is 24.3 Å². The molecule has 3 aromatic carbocycles. The van der Waals surface area contributed by atoms with Crippen LogP contribution in [-0.4, -0.2) is 58.3 Å². The van der Waals surface area contributed by atoms with Gasteiger partial charge >= 0.3 is 0 Å². The number of anilines is 2. The molecule has 36 heavy (non-hydrogen) atoms. The third kappa shape index (κ3) is 4.16. The van der Waals surface area contributed by atoms with Crippen LogP contribution >= 0.6 is 11.3 Å². The standard InChI is InChI=1S/C28H23N5O2S/c1-32-12-13-33(16-27(32)34)28(35)19-4-2-18(3-5-19)20-6-8-22-23(10-11-29-24(22)14-20)31-21-7-9-26-25(15-21)30-17-36-26/h2-11,14-15,17H,12-13,16H2,1H3,(H,29,31). The van der Waals surface area contributed by atoms with E-state index < -0.39 is 0 Å².